The molecule has 3 heteroatoms. The van der Waals surface area contributed by atoms with E-state index in [1.807, 2.05) is 6.07 Å². The van der Waals surface area contributed by atoms with E-state index in [4.69, 9.17) is 10.00 Å². The Labute approximate surface area is 78.0 Å². The van der Waals surface area contributed by atoms with Crippen molar-refractivity contribution in [1.29, 1.82) is 5.26 Å². The normalized spacial score (nSPS) is 14.1. The molecule has 0 bridgehead atoms. The van der Waals surface area contributed by atoms with E-state index in [0.29, 0.717) is 0 Å². The zero-order chi connectivity index (χ0) is 9.68. The Morgan fingerprint density at radius 1 is 1.54 bits per heavy atom. The van der Waals surface area contributed by atoms with Crippen LogP contribution < -0.4 is 4.74 Å². The molecule has 0 aliphatic heterocycles. The van der Waals surface area contributed by atoms with Crippen LogP contribution in [0.4, 0.5) is 0 Å². The molecule has 2 rings (SSSR count). The van der Waals surface area contributed by atoms with Gasteiger partial charge in [-0.15, -0.1) is 0 Å². The fraction of sp³-hybridized carbons (Fsp3) is 0.400. The van der Waals surface area contributed by atoms with Gasteiger partial charge in [-0.1, -0.05) is 6.07 Å². The zero-order valence-electron chi connectivity index (χ0n) is 7.60. The van der Waals surface area contributed by atoms with E-state index in [0.717, 1.165) is 11.8 Å². The minimum absolute atomic E-state index is 0.721. The van der Waals surface area contributed by atoms with Gasteiger partial charge in [0.15, 0.2) is 0 Å². The summed E-state index contributed by atoms with van der Waals surface area (Å²) in [6.45, 7) is 3.50. The molecule has 68 valence electrons. The molecule has 1 aromatic rings. The molecule has 1 fully saturated rings. The van der Waals surface area contributed by atoms with E-state index in [2.05, 4.69) is 17.6 Å². The Balaban J connectivity index is 0.000000396. The zero-order valence-corrected chi connectivity index (χ0v) is 7.60. The third-order valence-corrected chi connectivity index (χ3v) is 2.01. The highest BCUT2D eigenvalue weighted by Gasteiger charge is 2.26. The minimum atomic E-state index is 0.721. The molecule has 0 spiro atoms. The average Bonchev–Trinajstić information content (AvgIpc) is 3.04. The van der Waals surface area contributed by atoms with Gasteiger partial charge in [0.2, 0.25) is 5.88 Å². The molecular weight excluding hydrogens is 164 g/mol. The maximum absolute atomic E-state index is 6.50. The van der Waals surface area contributed by atoms with Crippen LogP contribution in [0.1, 0.15) is 24.3 Å². The number of hydrogen-bond acceptors (Lipinski definition) is 3. The number of aromatic nitrogens is 1. The summed E-state index contributed by atoms with van der Waals surface area (Å²) in [6, 6.07) is 4.07. The second-order valence-corrected chi connectivity index (χ2v) is 2.88. The lowest BCUT2D eigenvalue weighted by atomic mass is 10.2. The molecule has 13 heavy (non-hydrogen) atoms. The molecule has 1 aromatic heterocycles. The third kappa shape index (κ3) is 2.19. The maximum Gasteiger partial charge on any atom is 0.216 e. The summed E-state index contributed by atoms with van der Waals surface area (Å²) in [7, 11) is 1.67. The van der Waals surface area contributed by atoms with Crippen molar-refractivity contribution in [2.45, 2.75) is 18.8 Å². The smallest absolute Gasteiger partial charge is 0.216 e. The van der Waals surface area contributed by atoms with Crippen LogP contribution >= 0.6 is 0 Å². The molecule has 0 saturated heterocycles. The first-order valence-corrected chi connectivity index (χ1v) is 4.16. The second kappa shape index (κ2) is 4.46. The van der Waals surface area contributed by atoms with Crippen molar-refractivity contribution in [2.24, 2.45) is 0 Å². The van der Waals surface area contributed by atoms with E-state index in [1.54, 1.807) is 13.3 Å². The lowest BCUT2D eigenvalue weighted by Crippen LogP contribution is -1.91. The second-order valence-electron chi connectivity index (χ2n) is 2.88. The van der Waals surface area contributed by atoms with Gasteiger partial charge >= 0.3 is 0 Å². The van der Waals surface area contributed by atoms with Crippen LogP contribution in [0.5, 0.6) is 5.88 Å². The molecule has 0 unspecified atom stereocenters. The first kappa shape index (κ1) is 9.53. The van der Waals surface area contributed by atoms with E-state index >= 15 is 0 Å². The van der Waals surface area contributed by atoms with Gasteiger partial charge in [0, 0.05) is 18.3 Å². The van der Waals surface area contributed by atoms with Gasteiger partial charge < -0.3 is 4.74 Å². The van der Waals surface area contributed by atoms with Crippen molar-refractivity contribution in [3.05, 3.63) is 23.9 Å². The highest BCUT2D eigenvalue weighted by Crippen LogP contribution is 2.43. The van der Waals surface area contributed by atoms with Crippen LogP contribution in [0.3, 0.4) is 0 Å². The number of pyridine rings is 1. The van der Waals surface area contributed by atoms with Gasteiger partial charge in [-0.2, -0.15) is 0 Å². The van der Waals surface area contributed by atoms with Crippen LogP contribution in [0.15, 0.2) is 18.3 Å². The Hall–Kier alpha value is -1.56. The van der Waals surface area contributed by atoms with E-state index in [9.17, 15) is 0 Å². The molecule has 0 aromatic carbocycles. The monoisotopic (exact) mass is 176 g/mol. The first-order chi connectivity index (χ1) is 6.42. The number of hydrogen-bond donors (Lipinski definition) is 0. The summed E-state index contributed by atoms with van der Waals surface area (Å²) in [5.74, 6) is 1.52. The fourth-order valence-electron chi connectivity index (χ4n) is 1.28. The summed E-state index contributed by atoms with van der Waals surface area (Å²) in [5.41, 5.74) is 1.27. The van der Waals surface area contributed by atoms with Crippen LogP contribution in [0.25, 0.3) is 0 Å². The lowest BCUT2D eigenvalue weighted by molar-refractivity contribution is 0.392. The van der Waals surface area contributed by atoms with Gasteiger partial charge in [-0.05, 0) is 24.8 Å². The number of ether oxygens (including phenoxy) is 1. The third-order valence-electron chi connectivity index (χ3n) is 2.01. The Bertz CT molecular complexity index is 292. The van der Waals surface area contributed by atoms with E-state index in [-0.39, 0.29) is 0 Å². The summed E-state index contributed by atoms with van der Waals surface area (Å²) in [4.78, 5) is 4.14. The first-order valence-electron chi connectivity index (χ1n) is 4.16. The summed E-state index contributed by atoms with van der Waals surface area (Å²) >= 11 is 0. The van der Waals surface area contributed by atoms with Crippen LogP contribution in [0, 0.1) is 11.8 Å². The Morgan fingerprint density at radius 2 is 2.23 bits per heavy atom. The lowest BCUT2D eigenvalue weighted by Gasteiger charge is -2.03. The van der Waals surface area contributed by atoms with E-state index in [1.165, 1.54) is 18.4 Å². The highest BCUT2D eigenvalue weighted by molar-refractivity contribution is 5.32. The molecule has 0 amide bonds. The number of nitrogens with zero attached hydrogens (tertiary/aromatic N) is 2. The van der Waals surface area contributed by atoms with Crippen molar-refractivity contribution in [3.63, 3.8) is 0 Å². The van der Waals surface area contributed by atoms with Crippen LogP contribution in [-0.2, 0) is 0 Å². The predicted octanol–water partition coefficient (Wildman–Crippen LogP) is 2.11. The number of rotatable bonds is 2. The molecule has 1 aliphatic carbocycles. The summed E-state index contributed by atoms with van der Waals surface area (Å²) in [6.07, 6.45) is 4.36. The predicted molar refractivity (Wildman–Crippen MR) is 49.4 cm³/mol. The molecule has 0 atom stereocenters. The number of methoxy groups -OCH3 is 1. The molecule has 1 aliphatic rings. The molecule has 1 saturated carbocycles. The van der Waals surface area contributed by atoms with Crippen LogP contribution in [-0.4, -0.2) is 12.1 Å². The van der Waals surface area contributed by atoms with Crippen LogP contribution in [0.2, 0.25) is 0 Å². The Kier molecular flexibility index (Phi) is 3.27. The fourth-order valence-corrected chi connectivity index (χ4v) is 1.28. The largest absolute Gasteiger partial charge is 0.481 e. The maximum atomic E-state index is 6.50. The molecule has 0 N–H and O–H groups in total. The standard InChI is InChI=1S/C9H11NO.CHN/c1-11-9-8(7-4-5-7)3-2-6-10-9;1-2/h2-3,6-7H,4-5H2,1H3;1H. The van der Waals surface area contributed by atoms with Crippen molar-refractivity contribution < 1.29 is 4.74 Å². The average molecular weight is 176 g/mol. The van der Waals surface area contributed by atoms with E-state index < -0.39 is 0 Å². The molecule has 0 radical (unpaired) electrons. The molecule has 1 heterocycles. The molecular formula is C10H12N2O. The summed E-state index contributed by atoms with van der Waals surface area (Å²) < 4.78 is 5.14. The van der Waals surface area contributed by atoms with Gasteiger partial charge in [0.05, 0.1) is 7.11 Å². The Morgan fingerprint density at radius 3 is 2.77 bits per heavy atom. The SMILES string of the molecule is C#N.COc1ncccc1C1CC1. The van der Waals surface area contributed by atoms with Crippen molar-refractivity contribution in [3.8, 4) is 12.5 Å². The minimum Gasteiger partial charge on any atom is -0.481 e. The molecule has 3 nitrogen and oxygen atoms in total. The van der Waals surface area contributed by atoms with Gasteiger partial charge in [-0.3, -0.25) is 0 Å². The highest BCUT2D eigenvalue weighted by atomic mass is 16.5. The topological polar surface area (TPSA) is 45.9 Å². The van der Waals surface area contributed by atoms with Crippen molar-refractivity contribution in [1.82, 2.24) is 4.98 Å². The van der Waals surface area contributed by atoms with Crippen molar-refractivity contribution >= 4 is 0 Å². The van der Waals surface area contributed by atoms with Gasteiger partial charge in [-0.25, -0.2) is 10.2 Å². The van der Waals surface area contributed by atoms with Crippen molar-refractivity contribution in [2.75, 3.05) is 7.11 Å². The summed E-state index contributed by atoms with van der Waals surface area (Å²) in [5, 5.41) is 6.50. The van der Waals surface area contributed by atoms with Gasteiger partial charge in [0.25, 0.3) is 0 Å². The quantitative estimate of drug-likeness (QED) is 0.693. The number of nitriles is 1. The van der Waals surface area contributed by atoms with Gasteiger partial charge in [0.1, 0.15) is 0 Å².